The molecule has 2 aromatic carbocycles. The Balaban J connectivity index is 0.991. The molecule has 1 atom stereocenters. The largest absolute Gasteiger partial charge is 0.508 e. The van der Waals surface area contributed by atoms with E-state index in [-0.39, 0.29) is 35.6 Å². The van der Waals surface area contributed by atoms with Crippen molar-refractivity contribution in [2.45, 2.75) is 82.8 Å². The number of primary amides is 1. The molecular formula is C38H48FN7O5S. The molecule has 3 aliphatic rings. The summed E-state index contributed by atoms with van der Waals surface area (Å²) in [5.74, 6) is -1.86. The molecular weight excluding hydrogens is 686 g/mol. The van der Waals surface area contributed by atoms with Crippen LogP contribution < -0.4 is 16.0 Å². The molecule has 278 valence electrons. The van der Waals surface area contributed by atoms with Crippen LogP contribution in [0.2, 0.25) is 0 Å². The van der Waals surface area contributed by atoms with Crippen molar-refractivity contribution in [2.24, 2.45) is 5.73 Å². The molecule has 1 aromatic heterocycles. The van der Waals surface area contributed by atoms with Gasteiger partial charge in [0.15, 0.2) is 5.13 Å². The Morgan fingerprint density at radius 1 is 0.942 bits per heavy atom. The lowest BCUT2D eigenvalue weighted by Gasteiger charge is -2.43. The summed E-state index contributed by atoms with van der Waals surface area (Å²) in [7, 11) is 0. The van der Waals surface area contributed by atoms with Gasteiger partial charge >= 0.3 is 0 Å². The number of piperazine rings is 1. The number of thiazole rings is 1. The summed E-state index contributed by atoms with van der Waals surface area (Å²) in [6.45, 7) is 5.06. The number of unbranched alkanes of at least 4 members (excludes halogenated alkanes) is 5. The quantitative estimate of drug-likeness (QED) is 0.184. The van der Waals surface area contributed by atoms with Gasteiger partial charge in [0.05, 0.1) is 0 Å². The first-order valence-electron chi connectivity index (χ1n) is 18.4. The van der Waals surface area contributed by atoms with Gasteiger partial charge in [0.2, 0.25) is 11.8 Å². The van der Waals surface area contributed by atoms with Crippen molar-refractivity contribution in [3.63, 3.8) is 0 Å². The van der Waals surface area contributed by atoms with Gasteiger partial charge in [0, 0.05) is 93.1 Å². The predicted molar refractivity (Wildman–Crippen MR) is 197 cm³/mol. The fourth-order valence-electron chi connectivity index (χ4n) is 7.64. The van der Waals surface area contributed by atoms with E-state index in [4.69, 9.17) is 5.73 Å². The number of carbonyl (C=O) groups excluding carboxylic acids is 4. The lowest BCUT2D eigenvalue weighted by atomic mass is 10.0. The van der Waals surface area contributed by atoms with Crippen molar-refractivity contribution < 1.29 is 28.7 Å². The van der Waals surface area contributed by atoms with Gasteiger partial charge in [0.25, 0.3) is 11.8 Å². The van der Waals surface area contributed by atoms with E-state index in [0.717, 1.165) is 114 Å². The third kappa shape index (κ3) is 9.08. The van der Waals surface area contributed by atoms with Gasteiger partial charge in [-0.2, -0.15) is 0 Å². The molecule has 0 bridgehead atoms. The number of nitrogens with one attached hydrogen (secondary N) is 1. The number of hydrogen-bond acceptors (Lipinski definition) is 9. The first kappa shape index (κ1) is 37.2. The molecule has 0 spiro atoms. The summed E-state index contributed by atoms with van der Waals surface area (Å²) in [6.07, 6.45) is 10.5. The third-order valence-electron chi connectivity index (χ3n) is 10.5. The van der Waals surface area contributed by atoms with Gasteiger partial charge in [-0.25, -0.2) is 9.37 Å². The SMILES string of the molecule is NC(=O)CCCCCCCCC(=O)N1CCN(C2CCN(c3ccc4c(c3)C(=O)N(C(C(=O)Nc3nccs3)c3cc(F)ccc3O)C4)CC2)CC1. The van der Waals surface area contributed by atoms with Crippen LogP contribution in [0.15, 0.2) is 48.0 Å². The Morgan fingerprint density at radius 3 is 2.35 bits per heavy atom. The average molecular weight is 734 g/mol. The minimum Gasteiger partial charge on any atom is -0.508 e. The van der Waals surface area contributed by atoms with Crippen LogP contribution in [0.5, 0.6) is 5.75 Å². The molecule has 0 saturated carbocycles. The summed E-state index contributed by atoms with van der Waals surface area (Å²) < 4.78 is 14.4. The fourth-order valence-corrected chi connectivity index (χ4v) is 8.17. The number of carbonyl (C=O) groups is 4. The zero-order chi connectivity index (χ0) is 36.6. The second kappa shape index (κ2) is 17.3. The smallest absolute Gasteiger partial charge is 0.255 e. The number of nitrogens with two attached hydrogens (primary N) is 1. The molecule has 6 rings (SSSR count). The molecule has 3 aliphatic heterocycles. The molecule has 3 aromatic rings. The van der Waals surface area contributed by atoms with E-state index < -0.39 is 17.8 Å². The normalized spacial score (nSPS) is 17.3. The van der Waals surface area contributed by atoms with Gasteiger partial charge in [-0.05, 0) is 61.6 Å². The van der Waals surface area contributed by atoms with Crippen molar-refractivity contribution in [1.82, 2.24) is 19.7 Å². The van der Waals surface area contributed by atoms with E-state index in [1.807, 2.05) is 23.1 Å². The number of aromatic hydroxyl groups is 1. The minimum atomic E-state index is -1.27. The first-order chi connectivity index (χ1) is 25.2. The van der Waals surface area contributed by atoms with E-state index in [2.05, 4.69) is 20.1 Å². The van der Waals surface area contributed by atoms with Crippen molar-refractivity contribution in [2.75, 3.05) is 49.5 Å². The summed E-state index contributed by atoms with van der Waals surface area (Å²) in [5, 5.41) is 15.4. The molecule has 0 radical (unpaired) electrons. The molecule has 2 saturated heterocycles. The first-order valence-corrected chi connectivity index (χ1v) is 19.2. The standard InChI is InChI=1S/C38H48FN7O5S/c39-27-10-12-32(47)31(23-27)35(36(50)42-38-41-15-22-52-38)46-25-26-9-11-29(24-30(26)37(46)51)43-16-13-28(14-17-43)44-18-20-45(21-19-44)34(49)8-6-4-2-1-3-5-7-33(40)48/h9-12,15,22-24,28,35,47H,1-8,13-14,16-21,25H2,(H2,40,48)(H,41,42,50). The number of halogens is 1. The predicted octanol–water partition coefficient (Wildman–Crippen LogP) is 5.04. The number of phenolic OH excluding ortho intramolecular Hbond substituents is 1. The molecule has 0 aliphatic carbocycles. The van der Waals surface area contributed by atoms with Gasteiger partial charge in [0.1, 0.15) is 17.6 Å². The second-order valence-electron chi connectivity index (χ2n) is 13.9. The lowest BCUT2D eigenvalue weighted by molar-refractivity contribution is -0.133. The number of piperidine rings is 1. The number of rotatable bonds is 15. The highest BCUT2D eigenvalue weighted by Gasteiger charge is 2.40. The Kier molecular flexibility index (Phi) is 12.4. The zero-order valence-electron chi connectivity index (χ0n) is 29.5. The molecule has 4 N–H and O–H groups in total. The molecule has 2 fully saturated rings. The monoisotopic (exact) mass is 733 g/mol. The summed E-state index contributed by atoms with van der Waals surface area (Å²) in [6, 6.07) is 8.36. The van der Waals surface area contributed by atoms with E-state index in [1.165, 1.54) is 22.3 Å². The van der Waals surface area contributed by atoms with Crippen LogP contribution >= 0.6 is 11.3 Å². The van der Waals surface area contributed by atoms with E-state index in [9.17, 15) is 28.7 Å². The topological polar surface area (TPSA) is 152 Å². The van der Waals surface area contributed by atoms with Crippen LogP contribution in [-0.2, 0) is 20.9 Å². The number of amides is 4. The number of phenols is 1. The highest BCUT2D eigenvalue weighted by atomic mass is 32.1. The highest BCUT2D eigenvalue weighted by Crippen LogP contribution is 2.38. The molecule has 4 amide bonds. The van der Waals surface area contributed by atoms with Gasteiger partial charge in [-0.3, -0.25) is 29.4 Å². The van der Waals surface area contributed by atoms with Crippen LogP contribution in [0, 0.1) is 5.82 Å². The Bertz CT molecular complexity index is 1720. The maximum absolute atomic E-state index is 14.4. The van der Waals surface area contributed by atoms with Crippen LogP contribution in [0.4, 0.5) is 15.2 Å². The minimum absolute atomic E-state index is 0.00389. The number of nitrogens with zero attached hydrogens (tertiary/aromatic N) is 5. The van der Waals surface area contributed by atoms with Crippen LogP contribution in [0.3, 0.4) is 0 Å². The summed E-state index contributed by atoms with van der Waals surface area (Å²) in [4.78, 5) is 63.4. The van der Waals surface area contributed by atoms with Crippen molar-refractivity contribution >= 4 is 45.8 Å². The maximum atomic E-state index is 14.4. The maximum Gasteiger partial charge on any atom is 0.255 e. The molecule has 1 unspecified atom stereocenters. The summed E-state index contributed by atoms with van der Waals surface area (Å²) in [5.41, 5.74) is 7.38. The average Bonchev–Trinajstić information content (AvgIpc) is 3.78. The Hall–Kier alpha value is -4.56. The van der Waals surface area contributed by atoms with E-state index >= 15 is 0 Å². The van der Waals surface area contributed by atoms with Gasteiger partial charge in [-0.1, -0.05) is 31.7 Å². The number of anilines is 2. The van der Waals surface area contributed by atoms with Gasteiger partial charge in [-0.15, -0.1) is 11.3 Å². The number of benzene rings is 2. The Labute approximate surface area is 307 Å². The molecule has 14 heteroatoms. The third-order valence-corrected chi connectivity index (χ3v) is 11.2. The number of aromatic nitrogens is 1. The highest BCUT2D eigenvalue weighted by molar-refractivity contribution is 7.13. The zero-order valence-corrected chi connectivity index (χ0v) is 30.3. The van der Waals surface area contributed by atoms with Crippen LogP contribution in [0.25, 0.3) is 0 Å². The van der Waals surface area contributed by atoms with Gasteiger partial charge < -0.3 is 25.5 Å². The van der Waals surface area contributed by atoms with Crippen LogP contribution in [0.1, 0.15) is 91.7 Å². The number of hydrogen-bond donors (Lipinski definition) is 3. The van der Waals surface area contributed by atoms with Crippen LogP contribution in [-0.4, -0.2) is 93.7 Å². The lowest BCUT2D eigenvalue weighted by Crippen LogP contribution is -2.54. The number of fused-ring (bicyclic) bond motifs is 1. The molecule has 52 heavy (non-hydrogen) atoms. The van der Waals surface area contributed by atoms with Crippen molar-refractivity contribution in [3.05, 3.63) is 70.5 Å². The van der Waals surface area contributed by atoms with E-state index in [1.54, 1.807) is 11.6 Å². The van der Waals surface area contributed by atoms with Crippen molar-refractivity contribution in [3.8, 4) is 5.75 Å². The molecule has 4 heterocycles. The molecule has 12 nitrogen and oxygen atoms in total. The summed E-state index contributed by atoms with van der Waals surface area (Å²) >= 11 is 1.22. The fraction of sp³-hybridized carbons (Fsp3) is 0.500. The Morgan fingerprint density at radius 2 is 1.65 bits per heavy atom. The van der Waals surface area contributed by atoms with Crippen molar-refractivity contribution in [1.29, 1.82) is 0 Å². The second-order valence-corrected chi connectivity index (χ2v) is 14.8. The van der Waals surface area contributed by atoms with E-state index in [0.29, 0.717) is 29.6 Å².